The van der Waals surface area contributed by atoms with Gasteiger partial charge >= 0.3 is 6.01 Å². The number of aromatic nitrogens is 3. The maximum Gasteiger partial charge on any atom is 0.319 e. The maximum absolute atomic E-state index is 17.0. The molecule has 3 saturated heterocycles. The Bertz CT molecular complexity index is 1980. The van der Waals surface area contributed by atoms with Crippen LogP contribution in [0.15, 0.2) is 24.3 Å². The van der Waals surface area contributed by atoms with Gasteiger partial charge in [0, 0.05) is 54.1 Å². The molecule has 0 amide bonds. The number of halogens is 2. The van der Waals surface area contributed by atoms with E-state index in [1.54, 1.807) is 0 Å². The van der Waals surface area contributed by atoms with E-state index in [-0.39, 0.29) is 50.8 Å². The first-order valence-electron chi connectivity index (χ1n) is 16.6. The third-order valence-corrected chi connectivity index (χ3v) is 11.0. The van der Waals surface area contributed by atoms with E-state index in [0.29, 0.717) is 48.4 Å². The molecule has 2 saturated carbocycles. The van der Waals surface area contributed by atoms with E-state index in [4.69, 9.17) is 20.9 Å². The Hall–Kier alpha value is -4.27. The van der Waals surface area contributed by atoms with E-state index in [1.807, 2.05) is 0 Å². The zero-order valence-corrected chi connectivity index (χ0v) is 26.2. The first kappa shape index (κ1) is 28.9. The smallest absolute Gasteiger partial charge is 0.319 e. The lowest BCUT2D eigenvalue weighted by Gasteiger charge is -2.34. The summed E-state index contributed by atoms with van der Waals surface area (Å²) in [7, 11) is 1.46. The maximum atomic E-state index is 17.0. The monoisotopic (exact) mass is 638 g/mol. The number of piperazine rings is 1. The van der Waals surface area contributed by atoms with Gasteiger partial charge in [-0.15, -0.1) is 6.42 Å². The quantitative estimate of drug-likeness (QED) is 0.258. The van der Waals surface area contributed by atoms with Gasteiger partial charge in [0.2, 0.25) is 5.88 Å². The Labute approximate surface area is 271 Å². The number of phenolic OH excluding ortho intramolecular Hbond substituents is 1. The van der Waals surface area contributed by atoms with Gasteiger partial charge in [0.1, 0.15) is 34.0 Å². The number of methoxy groups -OCH3 is 1. The summed E-state index contributed by atoms with van der Waals surface area (Å²) >= 11 is 0. The zero-order chi connectivity index (χ0) is 32.0. The molecule has 5 fully saturated rings. The highest BCUT2D eigenvalue weighted by Gasteiger charge is 2.52. The predicted octanol–water partition coefficient (Wildman–Crippen LogP) is 5.01. The molecule has 11 heteroatoms. The number of aromatic hydroxyl groups is 1. The second-order valence-electron chi connectivity index (χ2n) is 14.1. The molecular formula is C36H36F2N6O3. The lowest BCUT2D eigenvalue weighted by atomic mass is 9.95. The molecule has 0 radical (unpaired) electrons. The van der Waals surface area contributed by atoms with Crippen molar-refractivity contribution in [3.05, 3.63) is 41.5 Å². The summed E-state index contributed by atoms with van der Waals surface area (Å²) in [6, 6.07) is 6.94. The number of likely N-dealkylation sites (tertiary alicyclic amines) is 1. The largest absolute Gasteiger partial charge is 0.508 e. The number of piperidine rings is 1. The first-order chi connectivity index (χ1) is 22.8. The Morgan fingerprint density at radius 2 is 1.89 bits per heavy atom. The van der Waals surface area contributed by atoms with Gasteiger partial charge in [-0.25, -0.2) is 13.8 Å². The topological polar surface area (TPSA) is 95.9 Å². The van der Waals surface area contributed by atoms with Crippen molar-refractivity contribution in [2.45, 2.75) is 56.7 Å². The van der Waals surface area contributed by atoms with Gasteiger partial charge in [-0.2, -0.15) is 9.97 Å². The number of phenols is 1. The number of anilines is 1. The summed E-state index contributed by atoms with van der Waals surface area (Å²) in [5.41, 5.74) is -0.0429. The number of nitrogens with zero attached hydrogens (tertiary/aromatic N) is 5. The highest BCUT2D eigenvalue weighted by molar-refractivity contribution is 6.04. The Morgan fingerprint density at radius 3 is 2.57 bits per heavy atom. The van der Waals surface area contributed by atoms with Gasteiger partial charge in [0.05, 0.1) is 19.3 Å². The second kappa shape index (κ2) is 10.6. The average Bonchev–Trinajstić information content (AvgIpc) is 3.97. The number of hydrogen-bond acceptors (Lipinski definition) is 9. The van der Waals surface area contributed by atoms with Crippen LogP contribution < -0.4 is 19.7 Å². The molecule has 4 atom stereocenters. The molecule has 2 aliphatic carbocycles. The van der Waals surface area contributed by atoms with Crippen LogP contribution in [-0.4, -0.2) is 83.0 Å². The van der Waals surface area contributed by atoms with Gasteiger partial charge in [0.15, 0.2) is 5.82 Å². The summed E-state index contributed by atoms with van der Waals surface area (Å²) in [5, 5.41) is 15.3. The number of nitrogens with one attached hydrogen (secondary N) is 1. The van der Waals surface area contributed by atoms with E-state index >= 15 is 4.39 Å². The van der Waals surface area contributed by atoms with Crippen LogP contribution in [0, 0.1) is 35.3 Å². The van der Waals surface area contributed by atoms with Gasteiger partial charge in [0.25, 0.3) is 0 Å². The van der Waals surface area contributed by atoms with E-state index in [9.17, 15) is 9.50 Å². The number of hydrogen-bond donors (Lipinski definition) is 2. The Morgan fingerprint density at radius 1 is 1.09 bits per heavy atom. The van der Waals surface area contributed by atoms with Gasteiger partial charge in [-0.3, -0.25) is 4.90 Å². The van der Waals surface area contributed by atoms with E-state index in [1.165, 1.54) is 44.2 Å². The van der Waals surface area contributed by atoms with Crippen molar-refractivity contribution in [1.82, 2.24) is 25.2 Å². The highest BCUT2D eigenvalue weighted by Crippen LogP contribution is 2.52. The van der Waals surface area contributed by atoms with E-state index < -0.39 is 11.6 Å². The fourth-order valence-electron chi connectivity index (χ4n) is 8.30. The van der Waals surface area contributed by atoms with Crippen LogP contribution in [-0.2, 0) is 0 Å². The van der Waals surface area contributed by atoms with Crippen molar-refractivity contribution < 1.29 is 23.4 Å². The number of terminal acetylenes is 1. The average molecular weight is 639 g/mol. The summed E-state index contributed by atoms with van der Waals surface area (Å²) in [5.74, 6) is 2.36. The Kier molecular flexibility index (Phi) is 6.53. The molecule has 3 aliphatic heterocycles. The summed E-state index contributed by atoms with van der Waals surface area (Å²) in [6.07, 6.45) is 12.6. The lowest BCUT2D eigenvalue weighted by molar-refractivity contribution is 0.160. The van der Waals surface area contributed by atoms with Crippen molar-refractivity contribution in [2.24, 2.45) is 11.3 Å². The van der Waals surface area contributed by atoms with Crippen LogP contribution in [0.1, 0.15) is 44.1 Å². The fraction of sp³-hybridized carbons (Fsp3) is 0.472. The lowest BCUT2D eigenvalue weighted by Crippen LogP contribution is -2.51. The minimum absolute atomic E-state index is 0.0157. The molecule has 242 valence electrons. The number of rotatable bonds is 8. The molecule has 5 aliphatic rings. The van der Waals surface area contributed by atoms with Crippen molar-refractivity contribution in [1.29, 1.82) is 0 Å². The predicted molar refractivity (Wildman–Crippen MR) is 174 cm³/mol. The summed E-state index contributed by atoms with van der Waals surface area (Å²) < 4.78 is 44.2. The highest BCUT2D eigenvalue weighted by atomic mass is 19.1. The second-order valence-corrected chi connectivity index (χ2v) is 14.1. The number of benzene rings is 2. The molecule has 0 spiro atoms. The third kappa shape index (κ3) is 4.83. The molecule has 2 aromatic heterocycles. The molecule has 9 nitrogen and oxygen atoms in total. The normalized spacial score (nSPS) is 25.6. The molecule has 2 bridgehead atoms. The zero-order valence-electron chi connectivity index (χ0n) is 26.2. The van der Waals surface area contributed by atoms with Gasteiger partial charge in [-0.1, -0.05) is 12.0 Å². The number of ether oxygens (including phenoxy) is 2. The van der Waals surface area contributed by atoms with Crippen LogP contribution in [0.25, 0.3) is 32.9 Å². The molecule has 2 aromatic carbocycles. The van der Waals surface area contributed by atoms with Crippen LogP contribution in [0.5, 0.6) is 17.6 Å². The molecule has 5 heterocycles. The van der Waals surface area contributed by atoms with Crippen molar-refractivity contribution in [2.75, 3.05) is 44.8 Å². The fourth-order valence-corrected chi connectivity index (χ4v) is 8.30. The van der Waals surface area contributed by atoms with Gasteiger partial charge < -0.3 is 24.8 Å². The molecule has 2 N–H and O–H groups in total. The minimum Gasteiger partial charge on any atom is -0.508 e. The van der Waals surface area contributed by atoms with E-state index in [2.05, 4.69) is 31.0 Å². The van der Waals surface area contributed by atoms with Crippen molar-refractivity contribution in [3.8, 4) is 41.2 Å². The Balaban J connectivity index is 1.18. The van der Waals surface area contributed by atoms with Gasteiger partial charge in [-0.05, 0) is 74.6 Å². The van der Waals surface area contributed by atoms with Crippen LogP contribution in [0.4, 0.5) is 14.6 Å². The standard InChI is InChI=1S/C36H36F2N6O3/c1-3-24-26(37)7-4-20-12-23(45)14-25(28(20)24)31-30(38)32-29(34(40-31)46-2)33(44-15-21-5-6-22(16-44)39-21)42-35(41-32)47-18-36(9-10-36)17-43-11-8-19-13-27(19)43/h1,4,7,12,14,19,21-22,27,39,45H,5-6,8-11,13,15-18H2,2H3. The number of pyridine rings is 1. The molecule has 47 heavy (non-hydrogen) atoms. The minimum atomic E-state index is -0.760. The summed E-state index contributed by atoms with van der Waals surface area (Å²) in [6.45, 7) is 3.99. The van der Waals surface area contributed by atoms with Crippen LogP contribution in [0.3, 0.4) is 0 Å². The van der Waals surface area contributed by atoms with Crippen molar-refractivity contribution >= 4 is 27.5 Å². The number of fused-ring (bicyclic) bond motifs is 5. The SMILES string of the molecule is C#Cc1c(F)ccc2cc(O)cc(-c3nc(OC)c4c(N5CC6CCC(C5)N6)nc(OCC5(CN6CCC7CC76)CC5)nc4c3F)c12. The first-order valence-corrected chi connectivity index (χ1v) is 16.6. The molecule has 4 aromatic rings. The summed E-state index contributed by atoms with van der Waals surface area (Å²) in [4.78, 5) is 19.0. The molecule has 4 unspecified atom stereocenters. The van der Waals surface area contributed by atoms with Crippen LogP contribution >= 0.6 is 0 Å². The third-order valence-electron chi connectivity index (χ3n) is 11.0. The van der Waals surface area contributed by atoms with Crippen LogP contribution in [0.2, 0.25) is 0 Å². The molecule has 9 rings (SSSR count). The molecular weight excluding hydrogens is 602 g/mol. The van der Waals surface area contributed by atoms with Crippen molar-refractivity contribution in [3.63, 3.8) is 0 Å². The van der Waals surface area contributed by atoms with E-state index in [0.717, 1.165) is 50.7 Å².